The van der Waals surface area contributed by atoms with Crippen molar-refractivity contribution in [3.63, 3.8) is 0 Å². The maximum Gasteiger partial charge on any atom is 0.306 e. The van der Waals surface area contributed by atoms with Crippen molar-refractivity contribution in [3.05, 3.63) is 85.1 Å². The summed E-state index contributed by atoms with van der Waals surface area (Å²) in [6.45, 7) is 5.27. The zero-order valence-corrected chi connectivity index (χ0v) is 45.0. The number of esters is 1. The van der Waals surface area contributed by atoms with Crippen molar-refractivity contribution >= 4 is 13.8 Å². The number of nitrogens with zero attached hydrogens (tertiary/aromatic N) is 1. The lowest BCUT2D eigenvalue weighted by Crippen LogP contribution is -2.37. The summed E-state index contributed by atoms with van der Waals surface area (Å²) >= 11 is 0. The van der Waals surface area contributed by atoms with E-state index >= 15 is 0 Å². The van der Waals surface area contributed by atoms with Crippen molar-refractivity contribution in [1.82, 2.24) is 0 Å². The van der Waals surface area contributed by atoms with Crippen LogP contribution in [-0.2, 0) is 27.9 Å². The van der Waals surface area contributed by atoms with Gasteiger partial charge in [0.25, 0.3) is 7.82 Å². The van der Waals surface area contributed by atoms with Gasteiger partial charge in [-0.2, -0.15) is 0 Å². The van der Waals surface area contributed by atoms with Gasteiger partial charge in [-0.1, -0.05) is 208 Å². The van der Waals surface area contributed by atoms with Crippen LogP contribution < -0.4 is 4.89 Å². The molecule has 0 N–H and O–H groups in total. The summed E-state index contributed by atoms with van der Waals surface area (Å²) in [5.41, 5.74) is 0. The van der Waals surface area contributed by atoms with E-state index in [1.807, 2.05) is 21.1 Å². The van der Waals surface area contributed by atoms with Crippen LogP contribution in [0, 0.1) is 0 Å². The van der Waals surface area contributed by atoms with Crippen LogP contribution in [0.4, 0.5) is 0 Å². The van der Waals surface area contributed by atoms with Gasteiger partial charge in [0, 0.05) is 13.0 Å². The third kappa shape index (κ3) is 54.5. The maximum absolute atomic E-state index is 12.8. The van der Waals surface area contributed by atoms with Crippen molar-refractivity contribution in [1.29, 1.82) is 0 Å². The summed E-state index contributed by atoms with van der Waals surface area (Å²) in [5, 5.41) is 0. The molecule has 9 heteroatoms. The predicted molar refractivity (Wildman–Crippen MR) is 286 cm³/mol. The molecule has 67 heavy (non-hydrogen) atoms. The lowest BCUT2D eigenvalue weighted by molar-refractivity contribution is -0.870. The Morgan fingerprint density at radius 2 is 0.866 bits per heavy atom. The number of hydrogen-bond acceptors (Lipinski definition) is 7. The highest BCUT2D eigenvalue weighted by molar-refractivity contribution is 7.45. The summed E-state index contributed by atoms with van der Waals surface area (Å²) in [6, 6.07) is 0. The molecule has 0 saturated carbocycles. The molecular weight excluding hydrogens is 854 g/mol. The maximum atomic E-state index is 12.8. The number of likely N-dealkylation sites (N-methyl/N-ethyl adjacent to an activating group) is 1. The van der Waals surface area contributed by atoms with Gasteiger partial charge in [0.1, 0.15) is 19.3 Å². The Morgan fingerprint density at radius 1 is 0.478 bits per heavy atom. The van der Waals surface area contributed by atoms with E-state index in [9.17, 15) is 14.3 Å². The quantitative estimate of drug-likeness (QED) is 0.0197. The summed E-state index contributed by atoms with van der Waals surface area (Å²) in [5.74, 6) is -0.343. The summed E-state index contributed by atoms with van der Waals surface area (Å²) in [7, 11) is 1.34. The number of carbonyl (C=O) groups excluding carboxylic acids is 1. The smallest absolute Gasteiger partial charge is 0.306 e. The van der Waals surface area contributed by atoms with Crippen molar-refractivity contribution in [2.45, 2.75) is 225 Å². The highest BCUT2D eigenvalue weighted by Crippen LogP contribution is 2.38. The number of hydrogen-bond donors (Lipinski definition) is 0. The molecule has 0 aliphatic rings. The van der Waals surface area contributed by atoms with Crippen molar-refractivity contribution in [2.75, 3.05) is 54.1 Å². The average molecular weight is 958 g/mol. The van der Waals surface area contributed by atoms with Gasteiger partial charge < -0.3 is 27.9 Å². The SMILES string of the molecule is CC/C=C\C/C=C\C/C=C\C/C=C\C/C=C\CCCCCCCCCCOCC(COP(=O)([O-])OCC[N+](C)(C)C)OC(=O)CCCCCCCCCCC/C=C\C/C=C\CCCCCCC. The molecule has 8 nitrogen and oxygen atoms in total. The molecule has 388 valence electrons. The van der Waals surface area contributed by atoms with Gasteiger partial charge in [0.05, 0.1) is 34.4 Å². The zero-order valence-electron chi connectivity index (χ0n) is 44.1. The van der Waals surface area contributed by atoms with Crippen LogP contribution in [0.15, 0.2) is 85.1 Å². The fraction of sp³-hybridized carbons (Fsp3) is 0.741. The first-order chi connectivity index (χ1) is 32.6. The number of rotatable bonds is 50. The van der Waals surface area contributed by atoms with Crippen LogP contribution in [-0.4, -0.2) is 70.7 Å². The molecule has 0 bridgehead atoms. The van der Waals surface area contributed by atoms with E-state index in [0.29, 0.717) is 24.1 Å². The normalized spacial score (nSPS) is 14.2. The summed E-state index contributed by atoms with van der Waals surface area (Å²) < 4.78 is 34.8. The van der Waals surface area contributed by atoms with E-state index < -0.39 is 13.9 Å². The Kier molecular flexibility index (Phi) is 48.3. The van der Waals surface area contributed by atoms with Crippen LogP contribution in [0.5, 0.6) is 0 Å². The van der Waals surface area contributed by atoms with Crippen LogP contribution >= 0.6 is 7.82 Å². The summed E-state index contributed by atoms with van der Waals surface area (Å²) in [4.78, 5) is 25.2. The van der Waals surface area contributed by atoms with E-state index in [4.69, 9.17) is 18.5 Å². The van der Waals surface area contributed by atoms with Crippen molar-refractivity contribution < 1.29 is 37.3 Å². The highest BCUT2D eigenvalue weighted by Gasteiger charge is 2.20. The predicted octanol–water partition coefficient (Wildman–Crippen LogP) is 16.5. The highest BCUT2D eigenvalue weighted by atomic mass is 31.2. The average Bonchev–Trinajstić information content (AvgIpc) is 3.29. The first kappa shape index (κ1) is 64.7. The molecule has 0 aromatic rings. The second-order valence-electron chi connectivity index (χ2n) is 19.2. The molecule has 0 aliphatic heterocycles. The van der Waals surface area contributed by atoms with E-state index in [1.165, 1.54) is 122 Å². The molecule has 0 heterocycles. The monoisotopic (exact) mass is 958 g/mol. The van der Waals surface area contributed by atoms with Gasteiger partial charge in [-0.3, -0.25) is 9.36 Å². The number of quaternary nitrogens is 1. The third-order valence-corrected chi connectivity index (χ3v) is 12.4. The molecule has 0 saturated heterocycles. The Balaban J connectivity index is 4.16. The molecule has 0 radical (unpaired) electrons. The Hall–Kier alpha value is -2.32. The summed E-state index contributed by atoms with van der Waals surface area (Å²) in [6.07, 6.45) is 67.5. The second-order valence-corrected chi connectivity index (χ2v) is 20.6. The third-order valence-electron chi connectivity index (χ3n) is 11.4. The number of allylic oxidation sites excluding steroid dienone is 14. The molecule has 0 aliphatic carbocycles. The van der Waals surface area contributed by atoms with E-state index in [-0.39, 0.29) is 25.8 Å². The van der Waals surface area contributed by atoms with Gasteiger partial charge in [-0.05, 0) is 89.9 Å². The van der Waals surface area contributed by atoms with Crippen LogP contribution in [0.25, 0.3) is 0 Å². The first-order valence-electron chi connectivity index (χ1n) is 27.3. The number of phosphoric ester groups is 1. The number of ether oxygens (including phenoxy) is 2. The number of carbonyl (C=O) groups is 1. The molecule has 2 atom stereocenters. The molecule has 0 rings (SSSR count). The Bertz CT molecular complexity index is 1340. The van der Waals surface area contributed by atoms with E-state index in [0.717, 1.165) is 77.0 Å². The molecule has 0 aromatic carbocycles. The fourth-order valence-electron chi connectivity index (χ4n) is 7.25. The van der Waals surface area contributed by atoms with Crippen molar-refractivity contribution in [2.24, 2.45) is 0 Å². The van der Waals surface area contributed by atoms with Gasteiger partial charge >= 0.3 is 5.97 Å². The van der Waals surface area contributed by atoms with Gasteiger partial charge in [0.2, 0.25) is 0 Å². The van der Waals surface area contributed by atoms with Gasteiger partial charge in [-0.25, -0.2) is 0 Å². The van der Waals surface area contributed by atoms with Gasteiger partial charge in [0.15, 0.2) is 0 Å². The lowest BCUT2D eigenvalue weighted by Gasteiger charge is -2.28. The van der Waals surface area contributed by atoms with Crippen LogP contribution in [0.1, 0.15) is 219 Å². The fourth-order valence-corrected chi connectivity index (χ4v) is 7.98. The first-order valence-corrected chi connectivity index (χ1v) is 28.8. The van der Waals surface area contributed by atoms with Gasteiger partial charge in [-0.15, -0.1) is 0 Å². The standard InChI is InChI=1S/C58H104NO7P/c1-6-8-10-12-14-16-18-20-22-24-26-28-29-30-32-34-36-38-40-42-44-46-48-50-53-63-55-57(56-65-67(61,62)64-54-52-59(3,4)5)66-58(60)51-49-47-45-43-41-39-37-35-33-31-27-25-23-21-19-17-15-13-11-9-7-2/h8,10,14,16,19-22,25-28,30,32,57H,6-7,9,11-13,15,17-18,23-24,29,31,33-56H2,1-5H3/b10-8-,16-14-,21-19-,22-20-,27-25-,28-26-,32-30-. The molecular formula is C58H104NO7P. The molecule has 0 spiro atoms. The molecule has 0 amide bonds. The van der Waals surface area contributed by atoms with E-state index in [1.54, 1.807) is 0 Å². The van der Waals surface area contributed by atoms with Crippen molar-refractivity contribution in [3.8, 4) is 0 Å². The minimum Gasteiger partial charge on any atom is -0.756 e. The second kappa shape index (κ2) is 50.1. The van der Waals surface area contributed by atoms with Crippen LogP contribution in [0.3, 0.4) is 0 Å². The molecule has 0 aromatic heterocycles. The molecule has 2 unspecified atom stereocenters. The minimum absolute atomic E-state index is 0.0194. The molecule has 0 fully saturated rings. The Morgan fingerprint density at radius 3 is 1.30 bits per heavy atom. The Labute approximate surface area is 414 Å². The van der Waals surface area contributed by atoms with E-state index in [2.05, 4.69) is 98.9 Å². The largest absolute Gasteiger partial charge is 0.756 e. The topological polar surface area (TPSA) is 94.1 Å². The lowest BCUT2D eigenvalue weighted by atomic mass is 10.1. The minimum atomic E-state index is -4.54. The zero-order chi connectivity index (χ0) is 49.0. The number of unbranched alkanes of at least 4 members (excludes halogenated alkanes) is 22. The van der Waals surface area contributed by atoms with Crippen LogP contribution in [0.2, 0.25) is 0 Å². The number of phosphoric acid groups is 1.